The highest BCUT2D eigenvalue weighted by Crippen LogP contribution is 2.37. The van der Waals surface area contributed by atoms with Crippen molar-refractivity contribution in [1.29, 1.82) is 0 Å². The molecule has 2 aromatic carbocycles. The third kappa shape index (κ3) is 3.05. The second kappa shape index (κ2) is 6.60. The van der Waals surface area contributed by atoms with Gasteiger partial charge >= 0.3 is 6.18 Å². The average Bonchev–Trinajstić information content (AvgIpc) is 3.06. The van der Waals surface area contributed by atoms with E-state index in [9.17, 15) is 18.3 Å². The number of hydrogen-bond donors (Lipinski definition) is 1. The molecule has 28 heavy (non-hydrogen) atoms. The van der Waals surface area contributed by atoms with Crippen molar-refractivity contribution in [1.82, 2.24) is 9.38 Å². The van der Waals surface area contributed by atoms with Crippen LogP contribution in [0.25, 0.3) is 28.2 Å². The lowest BCUT2D eigenvalue weighted by Crippen LogP contribution is -2.06. The Labute approximate surface area is 158 Å². The number of methoxy groups -OCH3 is 1. The summed E-state index contributed by atoms with van der Waals surface area (Å²) in [6.07, 6.45) is -3.47. The normalized spacial score (nSPS) is 11.7. The minimum atomic E-state index is -4.49. The largest absolute Gasteiger partial charge is 0.507 e. The van der Waals surface area contributed by atoms with Crippen LogP contribution in [0.5, 0.6) is 11.5 Å². The van der Waals surface area contributed by atoms with Crippen LogP contribution in [0.4, 0.5) is 13.2 Å². The molecule has 0 aliphatic carbocycles. The zero-order valence-corrected chi connectivity index (χ0v) is 14.7. The number of imidazole rings is 1. The number of aromatic hydroxyl groups is 1. The van der Waals surface area contributed by atoms with Gasteiger partial charge in [-0.05, 0) is 36.4 Å². The molecular formula is C21H15F3N2O2. The van der Waals surface area contributed by atoms with E-state index in [0.29, 0.717) is 33.9 Å². The van der Waals surface area contributed by atoms with E-state index in [1.807, 2.05) is 0 Å². The van der Waals surface area contributed by atoms with Gasteiger partial charge in [-0.1, -0.05) is 24.3 Å². The van der Waals surface area contributed by atoms with Crippen LogP contribution in [0.3, 0.4) is 0 Å². The summed E-state index contributed by atoms with van der Waals surface area (Å²) in [4.78, 5) is 4.57. The highest BCUT2D eigenvalue weighted by atomic mass is 19.4. The third-order valence-corrected chi connectivity index (χ3v) is 4.45. The Balaban J connectivity index is 2.03. The topological polar surface area (TPSA) is 46.8 Å². The Kier molecular flexibility index (Phi) is 4.22. The molecule has 0 saturated heterocycles. The summed E-state index contributed by atoms with van der Waals surface area (Å²) in [5.41, 5.74) is 1.09. The predicted molar refractivity (Wildman–Crippen MR) is 99.3 cm³/mol. The van der Waals surface area contributed by atoms with Gasteiger partial charge in [-0.25, -0.2) is 4.98 Å². The molecular weight excluding hydrogens is 369 g/mol. The molecule has 0 aliphatic heterocycles. The quantitative estimate of drug-likeness (QED) is 0.514. The second-order valence-electron chi connectivity index (χ2n) is 6.20. The van der Waals surface area contributed by atoms with Gasteiger partial charge in [-0.2, -0.15) is 13.2 Å². The fraction of sp³-hybridized carbons (Fsp3) is 0.0952. The number of benzene rings is 2. The number of alkyl halides is 3. The van der Waals surface area contributed by atoms with Gasteiger partial charge in [0.25, 0.3) is 0 Å². The number of halogens is 3. The molecule has 0 atom stereocenters. The summed E-state index contributed by atoms with van der Waals surface area (Å²) >= 11 is 0. The Morgan fingerprint density at radius 1 is 1.00 bits per heavy atom. The number of rotatable bonds is 3. The van der Waals surface area contributed by atoms with Gasteiger partial charge in [-0.3, -0.25) is 4.40 Å². The number of ether oxygens (including phenoxy) is 1. The molecule has 0 unspecified atom stereocenters. The minimum absolute atomic E-state index is 0.000379. The summed E-state index contributed by atoms with van der Waals surface area (Å²) in [5, 5.41) is 10.2. The number of nitrogens with zero attached hydrogens (tertiary/aromatic N) is 2. The van der Waals surface area contributed by atoms with Gasteiger partial charge in [0.1, 0.15) is 23.0 Å². The Bertz CT molecular complexity index is 1170. The van der Waals surface area contributed by atoms with Crippen molar-refractivity contribution in [2.24, 2.45) is 0 Å². The molecule has 0 radical (unpaired) electrons. The SMILES string of the molecule is COc1cccc(-c2nc(-c3ccccc3O)c3ccc(C(F)(F)F)cn23)c1. The molecule has 1 N–H and O–H groups in total. The van der Waals surface area contributed by atoms with Crippen LogP contribution >= 0.6 is 0 Å². The third-order valence-electron chi connectivity index (χ3n) is 4.45. The Morgan fingerprint density at radius 3 is 2.50 bits per heavy atom. The molecule has 0 bridgehead atoms. The highest BCUT2D eigenvalue weighted by molar-refractivity contribution is 5.84. The zero-order chi connectivity index (χ0) is 19.9. The van der Waals surface area contributed by atoms with Crippen molar-refractivity contribution < 1.29 is 23.0 Å². The summed E-state index contributed by atoms with van der Waals surface area (Å²) in [5.74, 6) is 0.878. The first-order valence-corrected chi connectivity index (χ1v) is 8.40. The van der Waals surface area contributed by atoms with Gasteiger partial charge in [0.2, 0.25) is 0 Å². The van der Waals surface area contributed by atoms with E-state index >= 15 is 0 Å². The van der Waals surface area contributed by atoms with Crippen LogP contribution in [0.15, 0.2) is 66.9 Å². The predicted octanol–water partition coefficient (Wildman–Crippen LogP) is 5.40. The number of para-hydroxylation sites is 1. The van der Waals surface area contributed by atoms with Crippen molar-refractivity contribution in [3.63, 3.8) is 0 Å². The standard InChI is InChI=1S/C21H15F3N2O2/c1-28-15-6-4-5-13(11-15)20-25-19(16-7-2-3-8-18(16)27)17-10-9-14(12-26(17)20)21(22,23)24/h2-12,27H,1H3. The number of phenolic OH excluding ortho intramolecular Hbond substituents is 1. The Morgan fingerprint density at radius 2 is 1.79 bits per heavy atom. The maximum absolute atomic E-state index is 13.3. The lowest BCUT2D eigenvalue weighted by atomic mass is 10.1. The van der Waals surface area contributed by atoms with E-state index in [1.165, 1.54) is 23.6 Å². The van der Waals surface area contributed by atoms with E-state index in [2.05, 4.69) is 4.98 Å². The van der Waals surface area contributed by atoms with Crippen LogP contribution in [0.2, 0.25) is 0 Å². The first-order valence-electron chi connectivity index (χ1n) is 8.40. The molecule has 7 heteroatoms. The molecule has 2 aromatic heterocycles. The van der Waals surface area contributed by atoms with Gasteiger partial charge in [-0.15, -0.1) is 0 Å². The maximum atomic E-state index is 13.3. The molecule has 0 saturated carbocycles. The summed E-state index contributed by atoms with van der Waals surface area (Å²) in [6, 6.07) is 15.9. The Hall–Kier alpha value is -3.48. The van der Waals surface area contributed by atoms with Crippen molar-refractivity contribution in [3.8, 4) is 34.1 Å². The maximum Gasteiger partial charge on any atom is 0.417 e. The molecule has 0 fully saturated rings. The van der Waals surface area contributed by atoms with Crippen LogP contribution < -0.4 is 4.74 Å². The van der Waals surface area contributed by atoms with Crippen molar-refractivity contribution >= 4 is 5.52 Å². The van der Waals surface area contributed by atoms with Gasteiger partial charge in [0.15, 0.2) is 0 Å². The lowest BCUT2D eigenvalue weighted by Gasteiger charge is -2.09. The first kappa shape index (κ1) is 17.9. The first-order chi connectivity index (χ1) is 13.4. The van der Waals surface area contributed by atoms with Crippen molar-refractivity contribution in [2.75, 3.05) is 7.11 Å². The summed E-state index contributed by atoms with van der Waals surface area (Å²) < 4.78 is 46.4. The van der Waals surface area contributed by atoms with Crippen LogP contribution in [-0.2, 0) is 6.18 Å². The molecule has 4 rings (SSSR count). The van der Waals surface area contributed by atoms with Gasteiger partial charge < -0.3 is 9.84 Å². The van der Waals surface area contributed by atoms with E-state index in [-0.39, 0.29) is 5.75 Å². The molecule has 0 amide bonds. The molecule has 0 aliphatic rings. The van der Waals surface area contributed by atoms with Crippen molar-refractivity contribution in [3.05, 3.63) is 72.4 Å². The van der Waals surface area contributed by atoms with Gasteiger partial charge in [0, 0.05) is 17.3 Å². The second-order valence-corrected chi connectivity index (χ2v) is 6.20. The number of phenols is 1. The number of pyridine rings is 1. The average molecular weight is 384 g/mol. The molecule has 4 aromatic rings. The molecule has 142 valence electrons. The summed E-state index contributed by atoms with van der Waals surface area (Å²) in [7, 11) is 1.51. The number of fused-ring (bicyclic) bond motifs is 1. The number of aromatic nitrogens is 2. The van der Waals surface area contributed by atoms with E-state index in [4.69, 9.17) is 4.74 Å². The minimum Gasteiger partial charge on any atom is -0.507 e. The lowest BCUT2D eigenvalue weighted by molar-refractivity contribution is -0.137. The van der Waals surface area contributed by atoms with E-state index < -0.39 is 11.7 Å². The van der Waals surface area contributed by atoms with Crippen molar-refractivity contribution in [2.45, 2.75) is 6.18 Å². The molecule has 2 heterocycles. The smallest absolute Gasteiger partial charge is 0.417 e. The molecule has 4 nitrogen and oxygen atoms in total. The monoisotopic (exact) mass is 384 g/mol. The highest BCUT2D eigenvalue weighted by Gasteiger charge is 2.31. The fourth-order valence-electron chi connectivity index (χ4n) is 3.09. The van der Waals surface area contributed by atoms with Crippen LogP contribution in [0.1, 0.15) is 5.56 Å². The van der Waals surface area contributed by atoms with Gasteiger partial charge in [0.05, 0.1) is 18.2 Å². The molecule has 0 spiro atoms. The van der Waals surface area contributed by atoms with E-state index in [1.54, 1.807) is 42.5 Å². The van der Waals surface area contributed by atoms with E-state index in [0.717, 1.165) is 12.3 Å². The van der Waals surface area contributed by atoms with Crippen LogP contribution in [0, 0.1) is 0 Å². The fourth-order valence-corrected chi connectivity index (χ4v) is 3.09. The van der Waals surface area contributed by atoms with Crippen LogP contribution in [-0.4, -0.2) is 21.6 Å². The zero-order valence-electron chi connectivity index (χ0n) is 14.7. The summed E-state index contributed by atoms with van der Waals surface area (Å²) in [6.45, 7) is 0. The number of hydrogen-bond acceptors (Lipinski definition) is 3.